The van der Waals surface area contributed by atoms with Gasteiger partial charge in [0.15, 0.2) is 9.84 Å². The molecule has 4 rings (SSSR count). The summed E-state index contributed by atoms with van der Waals surface area (Å²) in [6, 6.07) is 15.8. The minimum absolute atomic E-state index is 0. The Balaban J connectivity index is 0.00000306. The number of halogens is 1. The summed E-state index contributed by atoms with van der Waals surface area (Å²) in [6.45, 7) is 8.36. The van der Waals surface area contributed by atoms with Crippen molar-refractivity contribution in [2.45, 2.75) is 57.4 Å². The molecule has 0 bridgehead atoms. The topological polar surface area (TPSA) is 63.4 Å². The second kappa shape index (κ2) is 10.9. The summed E-state index contributed by atoms with van der Waals surface area (Å²) in [5, 5.41) is 0. The van der Waals surface area contributed by atoms with Crippen molar-refractivity contribution < 1.29 is 12.8 Å². The van der Waals surface area contributed by atoms with Gasteiger partial charge < -0.3 is 9.32 Å². The zero-order valence-electron chi connectivity index (χ0n) is 19.6. The van der Waals surface area contributed by atoms with E-state index in [9.17, 15) is 8.42 Å². The van der Waals surface area contributed by atoms with Gasteiger partial charge in [0.2, 0.25) is 5.89 Å². The lowest BCUT2D eigenvalue weighted by Crippen LogP contribution is -2.29. The summed E-state index contributed by atoms with van der Waals surface area (Å²) in [7, 11) is -3.19. The number of aryl methyl sites for hydroxylation is 1. The molecule has 3 aromatic rings. The van der Waals surface area contributed by atoms with E-state index in [0.717, 1.165) is 41.1 Å². The molecular weight excluding hydrogens is 456 g/mol. The standard InChI is InChI=1S/C26H32N2O3S.ClH/c1-4-18-32(29,30)24-13-11-22(12-14-24)21-7-9-23(10-8-21)26-27-25(20(3)31-26)15-17-28-16-5-6-19(28)2;/h7-14,19H,4-6,15-18H2,1-3H3;1H/t19-;/m1./s1. The van der Waals surface area contributed by atoms with Crippen LogP contribution in [0.25, 0.3) is 22.6 Å². The fraction of sp³-hybridized carbons (Fsp3) is 0.423. The molecule has 7 heteroatoms. The van der Waals surface area contributed by atoms with Crippen LogP contribution in [0.3, 0.4) is 0 Å². The lowest BCUT2D eigenvalue weighted by atomic mass is 10.0. The minimum atomic E-state index is -3.19. The Morgan fingerprint density at radius 2 is 1.64 bits per heavy atom. The quantitative estimate of drug-likeness (QED) is 0.392. The molecule has 0 amide bonds. The molecule has 1 saturated heterocycles. The van der Waals surface area contributed by atoms with Crippen molar-refractivity contribution in [1.82, 2.24) is 9.88 Å². The van der Waals surface area contributed by atoms with E-state index in [1.54, 1.807) is 12.1 Å². The summed E-state index contributed by atoms with van der Waals surface area (Å²) in [5.74, 6) is 1.72. The molecule has 33 heavy (non-hydrogen) atoms. The first-order valence-corrected chi connectivity index (χ1v) is 13.2. The van der Waals surface area contributed by atoms with Crippen molar-refractivity contribution in [1.29, 1.82) is 0 Å². The van der Waals surface area contributed by atoms with Crippen LogP contribution < -0.4 is 0 Å². The molecule has 0 aliphatic carbocycles. The molecule has 0 unspecified atom stereocenters. The monoisotopic (exact) mass is 488 g/mol. The molecule has 0 radical (unpaired) electrons. The highest BCUT2D eigenvalue weighted by Crippen LogP contribution is 2.27. The van der Waals surface area contributed by atoms with Gasteiger partial charge in [-0.15, -0.1) is 12.4 Å². The Bertz CT molecular complexity index is 1160. The second-order valence-electron chi connectivity index (χ2n) is 8.72. The SMILES string of the molecule is CCCS(=O)(=O)c1ccc(-c2ccc(-c3nc(CCN4CCC[C@H]4C)c(C)o3)cc2)cc1.Cl. The number of sulfone groups is 1. The molecule has 0 N–H and O–H groups in total. The average molecular weight is 489 g/mol. The molecule has 1 aromatic heterocycles. The van der Waals surface area contributed by atoms with E-state index in [0.29, 0.717) is 23.2 Å². The number of likely N-dealkylation sites (tertiary alicyclic amines) is 1. The smallest absolute Gasteiger partial charge is 0.226 e. The van der Waals surface area contributed by atoms with Gasteiger partial charge in [-0.3, -0.25) is 0 Å². The Labute approximate surface area is 203 Å². The molecule has 1 atom stereocenters. The van der Waals surface area contributed by atoms with Crippen LogP contribution in [-0.2, 0) is 16.3 Å². The molecule has 1 aliphatic heterocycles. The van der Waals surface area contributed by atoms with Crippen LogP contribution in [0, 0.1) is 6.92 Å². The predicted octanol–water partition coefficient (Wildman–Crippen LogP) is 5.95. The minimum Gasteiger partial charge on any atom is -0.441 e. The third-order valence-corrected chi connectivity index (χ3v) is 8.31. The molecule has 1 fully saturated rings. The maximum Gasteiger partial charge on any atom is 0.226 e. The first kappa shape index (κ1) is 25.5. The normalized spacial score (nSPS) is 16.6. The number of benzene rings is 2. The molecule has 0 spiro atoms. The van der Waals surface area contributed by atoms with Gasteiger partial charge in [0.05, 0.1) is 16.3 Å². The summed E-state index contributed by atoms with van der Waals surface area (Å²) < 4.78 is 30.4. The summed E-state index contributed by atoms with van der Waals surface area (Å²) >= 11 is 0. The number of hydrogen-bond acceptors (Lipinski definition) is 5. The number of hydrogen-bond donors (Lipinski definition) is 0. The summed E-state index contributed by atoms with van der Waals surface area (Å²) in [4.78, 5) is 7.67. The second-order valence-corrected chi connectivity index (χ2v) is 10.8. The van der Waals surface area contributed by atoms with E-state index in [2.05, 4.69) is 11.8 Å². The highest BCUT2D eigenvalue weighted by atomic mass is 35.5. The fourth-order valence-corrected chi connectivity index (χ4v) is 5.73. The number of aromatic nitrogens is 1. The van der Waals surface area contributed by atoms with Gasteiger partial charge in [0.1, 0.15) is 5.76 Å². The molecule has 2 heterocycles. The molecule has 2 aromatic carbocycles. The van der Waals surface area contributed by atoms with Gasteiger partial charge >= 0.3 is 0 Å². The van der Waals surface area contributed by atoms with Crippen molar-refractivity contribution in [3.8, 4) is 22.6 Å². The van der Waals surface area contributed by atoms with Gasteiger partial charge in [-0.25, -0.2) is 13.4 Å². The van der Waals surface area contributed by atoms with E-state index in [1.807, 2.05) is 50.2 Å². The van der Waals surface area contributed by atoms with E-state index in [1.165, 1.54) is 19.4 Å². The van der Waals surface area contributed by atoms with Gasteiger partial charge in [0, 0.05) is 24.6 Å². The van der Waals surface area contributed by atoms with Crippen molar-refractivity contribution in [3.63, 3.8) is 0 Å². The Kier molecular flexibility index (Phi) is 8.38. The van der Waals surface area contributed by atoms with E-state index >= 15 is 0 Å². The lowest BCUT2D eigenvalue weighted by Gasteiger charge is -2.20. The maximum atomic E-state index is 12.2. The van der Waals surface area contributed by atoms with Gasteiger partial charge in [-0.2, -0.15) is 0 Å². The predicted molar refractivity (Wildman–Crippen MR) is 136 cm³/mol. The molecule has 178 valence electrons. The van der Waals surface area contributed by atoms with Crippen molar-refractivity contribution in [3.05, 3.63) is 60.0 Å². The zero-order chi connectivity index (χ0) is 22.7. The number of rotatable bonds is 8. The van der Waals surface area contributed by atoms with Crippen LogP contribution in [0.2, 0.25) is 0 Å². The Morgan fingerprint density at radius 1 is 1.03 bits per heavy atom. The maximum absolute atomic E-state index is 12.2. The highest BCUT2D eigenvalue weighted by Gasteiger charge is 2.21. The van der Waals surface area contributed by atoms with Crippen LogP contribution in [-0.4, -0.2) is 43.2 Å². The van der Waals surface area contributed by atoms with Crippen molar-refractivity contribution in [2.75, 3.05) is 18.8 Å². The van der Waals surface area contributed by atoms with Crippen molar-refractivity contribution >= 4 is 22.2 Å². The Hall–Kier alpha value is -2.15. The number of nitrogens with zero attached hydrogens (tertiary/aromatic N) is 2. The number of oxazole rings is 1. The van der Waals surface area contributed by atoms with Gasteiger partial charge in [-0.05, 0) is 75.0 Å². The lowest BCUT2D eigenvalue weighted by molar-refractivity contribution is 0.271. The van der Waals surface area contributed by atoms with E-state index in [4.69, 9.17) is 9.40 Å². The summed E-state index contributed by atoms with van der Waals surface area (Å²) in [6.07, 6.45) is 4.09. The Morgan fingerprint density at radius 3 is 2.21 bits per heavy atom. The first-order chi connectivity index (χ1) is 15.4. The van der Waals surface area contributed by atoms with Gasteiger partial charge in [-0.1, -0.05) is 31.2 Å². The van der Waals surface area contributed by atoms with Crippen LogP contribution >= 0.6 is 12.4 Å². The van der Waals surface area contributed by atoms with Crippen LogP contribution in [0.15, 0.2) is 57.8 Å². The largest absolute Gasteiger partial charge is 0.441 e. The average Bonchev–Trinajstić information content (AvgIpc) is 3.37. The molecule has 1 aliphatic rings. The van der Waals surface area contributed by atoms with E-state index < -0.39 is 9.84 Å². The zero-order valence-corrected chi connectivity index (χ0v) is 21.2. The van der Waals surface area contributed by atoms with Crippen LogP contribution in [0.4, 0.5) is 0 Å². The molecule has 5 nitrogen and oxygen atoms in total. The first-order valence-electron chi connectivity index (χ1n) is 11.5. The third kappa shape index (κ3) is 5.86. The highest BCUT2D eigenvalue weighted by molar-refractivity contribution is 7.91. The molecular formula is C26H33ClN2O3S. The van der Waals surface area contributed by atoms with Gasteiger partial charge in [0.25, 0.3) is 0 Å². The third-order valence-electron chi connectivity index (χ3n) is 6.37. The van der Waals surface area contributed by atoms with Crippen molar-refractivity contribution in [2.24, 2.45) is 0 Å². The van der Waals surface area contributed by atoms with Crippen LogP contribution in [0.5, 0.6) is 0 Å². The molecule has 0 saturated carbocycles. The van der Waals surface area contributed by atoms with E-state index in [-0.39, 0.29) is 18.2 Å². The van der Waals surface area contributed by atoms with Crippen LogP contribution in [0.1, 0.15) is 44.6 Å². The summed E-state index contributed by atoms with van der Waals surface area (Å²) in [5.41, 5.74) is 3.99. The fourth-order valence-electron chi connectivity index (χ4n) is 4.40.